The number of pyridine rings is 1. The van der Waals surface area contributed by atoms with E-state index in [1.807, 2.05) is 0 Å². The third-order valence-corrected chi connectivity index (χ3v) is 3.37. The number of hydrogen-bond donors (Lipinski definition) is 0. The molecule has 0 aliphatic rings. The van der Waals surface area contributed by atoms with E-state index in [2.05, 4.69) is 4.98 Å². The molecule has 0 fully saturated rings. The fourth-order valence-electron chi connectivity index (χ4n) is 1.98. The van der Waals surface area contributed by atoms with Crippen LogP contribution in [0.4, 0.5) is 0 Å². The summed E-state index contributed by atoms with van der Waals surface area (Å²) in [7, 11) is 0. The van der Waals surface area contributed by atoms with Gasteiger partial charge in [0, 0.05) is 5.02 Å². The van der Waals surface area contributed by atoms with E-state index in [0.717, 1.165) is 5.56 Å². The average molecular weight is 334 g/mol. The van der Waals surface area contributed by atoms with E-state index in [9.17, 15) is 9.59 Å². The van der Waals surface area contributed by atoms with Crippen LogP contribution in [0.25, 0.3) is 0 Å². The average Bonchev–Trinajstić information content (AvgIpc) is 2.50. The summed E-state index contributed by atoms with van der Waals surface area (Å²) in [4.78, 5) is 28.0. The van der Waals surface area contributed by atoms with Crippen LogP contribution in [0.5, 0.6) is 5.75 Å². The first-order chi connectivity index (χ1) is 10.9. The highest BCUT2D eigenvalue weighted by atomic mass is 35.5. The molecule has 0 saturated carbocycles. The van der Waals surface area contributed by atoms with Crippen molar-refractivity contribution in [2.75, 3.05) is 6.61 Å². The Bertz CT molecular complexity index is 758. The minimum atomic E-state index is -0.603. The van der Waals surface area contributed by atoms with Crippen LogP contribution in [-0.2, 0) is 4.74 Å². The zero-order valence-corrected chi connectivity index (χ0v) is 13.8. The maximum Gasteiger partial charge on any atom is 0.362 e. The van der Waals surface area contributed by atoms with Gasteiger partial charge in [-0.05, 0) is 56.7 Å². The largest absolute Gasteiger partial charge is 0.462 e. The summed E-state index contributed by atoms with van der Waals surface area (Å²) in [5.74, 6) is -0.659. The van der Waals surface area contributed by atoms with Gasteiger partial charge in [-0.2, -0.15) is 0 Å². The Hall–Kier alpha value is -2.40. The van der Waals surface area contributed by atoms with Crippen LogP contribution in [0.3, 0.4) is 0 Å². The summed E-state index contributed by atoms with van der Waals surface area (Å²) in [6.07, 6.45) is 0. The molecule has 0 aliphatic carbocycles. The lowest BCUT2D eigenvalue weighted by Gasteiger charge is -2.09. The normalized spacial score (nSPS) is 10.3. The van der Waals surface area contributed by atoms with Crippen LogP contribution in [0.1, 0.15) is 39.0 Å². The molecule has 0 amide bonds. The van der Waals surface area contributed by atoms with Crippen LogP contribution >= 0.6 is 11.6 Å². The minimum Gasteiger partial charge on any atom is -0.462 e. The number of halogens is 1. The number of aromatic nitrogens is 1. The predicted octanol–water partition coefficient (Wildman–Crippen LogP) is 3.75. The zero-order chi connectivity index (χ0) is 17.0. The zero-order valence-electron chi connectivity index (χ0n) is 13.1. The van der Waals surface area contributed by atoms with Crippen LogP contribution in [0.15, 0.2) is 30.3 Å². The molecule has 0 unspecified atom stereocenters. The lowest BCUT2D eigenvalue weighted by Crippen LogP contribution is -2.14. The molecule has 1 heterocycles. The molecule has 5 nitrogen and oxygen atoms in total. The smallest absolute Gasteiger partial charge is 0.362 e. The molecule has 6 heteroatoms. The second-order valence-electron chi connectivity index (χ2n) is 4.85. The molecule has 2 rings (SSSR count). The topological polar surface area (TPSA) is 65.5 Å². The van der Waals surface area contributed by atoms with Crippen molar-refractivity contribution in [2.45, 2.75) is 20.8 Å². The number of aryl methyl sites for hydroxylation is 2. The Morgan fingerprint density at radius 1 is 1.13 bits per heavy atom. The number of rotatable bonds is 4. The maximum absolute atomic E-state index is 12.2. The highest BCUT2D eigenvalue weighted by Crippen LogP contribution is 2.22. The van der Waals surface area contributed by atoms with Gasteiger partial charge in [0.1, 0.15) is 11.4 Å². The van der Waals surface area contributed by atoms with E-state index >= 15 is 0 Å². The predicted molar refractivity (Wildman–Crippen MR) is 86.1 cm³/mol. The lowest BCUT2D eigenvalue weighted by atomic mass is 10.2. The minimum absolute atomic E-state index is 0.116. The van der Waals surface area contributed by atoms with Crippen molar-refractivity contribution in [3.05, 3.63) is 57.9 Å². The molecule has 0 saturated heterocycles. The van der Waals surface area contributed by atoms with Crippen molar-refractivity contribution in [1.82, 2.24) is 4.98 Å². The van der Waals surface area contributed by atoms with E-state index < -0.39 is 11.9 Å². The number of carbonyl (C=O) groups is 2. The third-order valence-electron chi connectivity index (χ3n) is 3.13. The molecule has 120 valence electrons. The van der Waals surface area contributed by atoms with Crippen LogP contribution in [-0.4, -0.2) is 23.5 Å². The Morgan fingerprint density at radius 2 is 1.87 bits per heavy atom. The van der Waals surface area contributed by atoms with E-state index in [-0.39, 0.29) is 12.3 Å². The van der Waals surface area contributed by atoms with Gasteiger partial charge in [-0.15, -0.1) is 0 Å². The number of nitrogens with zero attached hydrogens (tertiary/aromatic N) is 1. The molecule has 2 aromatic rings. The maximum atomic E-state index is 12.2. The van der Waals surface area contributed by atoms with Crippen LogP contribution in [0.2, 0.25) is 5.02 Å². The Kier molecular flexibility index (Phi) is 5.34. The third kappa shape index (κ3) is 4.07. The molecule has 1 aromatic heterocycles. The second-order valence-corrected chi connectivity index (χ2v) is 5.29. The van der Waals surface area contributed by atoms with Gasteiger partial charge in [-0.1, -0.05) is 11.6 Å². The van der Waals surface area contributed by atoms with Crippen molar-refractivity contribution in [3.63, 3.8) is 0 Å². The molecular formula is C17H16ClNO4. The fourth-order valence-corrected chi connectivity index (χ4v) is 2.21. The van der Waals surface area contributed by atoms with Crippen molar-refractivity contribution in [3.8, 4) is 5.75 Å². The highest BCUT2D eigenvalue weighted by Gasteiger charge is 2.16. The number of esters is 2. The quantitative estimate of drug-likeness (QED) is 0.629. The van der Waals surface area contributed by atoms with Gasteiger partial charge in [-0.3, -0.25) is 0 Å². The lowest BCUT2D eigenvalue weighted by molar-refractivity contribution is 0.0523. The Balaban J connectivity index is 2.20. The van der Waals surface area contributed by atoms with Crippen molar-refractivity contribution >= 4 is 23.5 Å². The number of benzene rings is 1. The van der Waals surface area contributed by atoms with Crippen molar-refractivity contribution in [2.24, 2.45) is 0 Å². The van der Waals surface area contributed by atoms with Gasteiger partial charge in [0.05, 0.1) is 17.9 Å². The Labute approximate surface area is 139 Å². The standard InChI is InChI=1S/C17H16ClNO4/c1-4-22-16(20)13-6-7-14(19-11(13)3)17(21)23-15-8-5-12(18)9-10(15)2/h5-9H,4H2,1-3H3. The van der Waals surface area contributed by atoms with Crippen LogP contribution < -0.4 is 4.74 Å². The Morgan fingerprint density at radius 3 is 2.48 bits per heavy atom. The molecule has 0 aliphatic heterocycles. The summed E-state index contributed by atoms with van der Waals surface area (Å²) in [5.41, 5.74) is 1.59. The van der Waals surface area contributed by atoms with Gasteiger partial charge >= 0.3 is 11.9 Å². The second kappa shape index (κ2) is 7.24. The van der Waals surface area contributed by atoms with Gasteiger partial charge in [0.15, 0.2) is 0 Å². The molecule has 0 radical (unpaired) electrons. The van der Waals surface area contributed by atoms with Crippen molar-refractivity contribution in [1.29, 1.82) is 0 Å². The summed E-state index contributed by atoms with van der Waals surface area (Å²) < 4.78 is 10.2. The first-order valence-corrected chi connectivity index (χ1v) is 7.43. The molecule has 1 aromatic carbocycles. The van der Waals surface area contributed by atoms with Gasteiger partial charge in [0.2, 0.25) is 0 Å². The number of ether oxygens (including phenoxy) is 2. The van der Waals surface area contributed by atoms with E-state index in [1.54, 1.807) is 39.0 Å². The molecule has 0 spiro atoms. The van der Waals surface area contributed by atoms with Crippen LogP contribution in [0, 0.1) is 13.8 Å². The molecule has 0 bridgehead atoms. The van der Waals surface area contributed by atoms with E-state index in [0.29, 0.717) is 22.0 Å². The number of hydrogen-bond acceptors (Lipinski definition) is 5. The molecule has 0 atom stereocenters. The molecular weight excluding hydrogens is 318 g/mol. The summed E-state index contributed by atoms with van der Waals surface area (Å²) in [5, 5.41) is 0.565. The first kappa shape index (κ1) is 17.0. The van der Waals surface area contributed by atoms with Crippen molar-refractivity contribution < 1.29 is 19.1 Å². The molecule has 23 heavy (non-hydrogen) atoms. The fraction of sp³-hybridized carbons (Fsp3) is 0.235. The highest BCUT2D eigenvalue weighted by molar-refractivity contribution is 6.30. The summed E-state index contributed by atoms with van der Waals surface area (Å²) in [6.45, 7) is 5.42. The van der Waals surface area contributed by atoms with E-state index in [4.69, 9.17) is 21.1 Å². The summed E-state index contributed by atoms with van der Waals surface area (Å²) >= 11 is 5.87. The van der Waals surface area contributed by atoms with Gasteiger partial charge in [0.25, 0.3) is 0 Å². The van der Waals surface area contributed by atoms with E-state index in [1.165, 1.54) is 12.1 Å². The monoisotopic (exact) mass is 333 g/mol. The molecule has 0 N–H and O–H groups in total. The SMILES string of the molecule is CCOC(=O)c1ccc(C(=O)Oc2ccc(Cl)cc2C)nc1C. The van der Waals surface area contributed by atoms with Gasteiger partial charge < -0.3 is 9.47 Å². The first-order valence-electron chi connectivity index (χ1n) is 7.05. The summed E-state index contributed by atoms with van der Waals surface area (Å²) in [6, 6.07) is 7.90. The number of carbonyl (C=O) groups excluding carboxylic acids is 2. The van der Waals surface area contributed by atoms with Gasteiger partial charge in [-0.25, -0.2) is 14.6 Å².